The van der Waals surface area contributed by atoms with Gasteiger partial charge in [0.2, 0.25) is 0 Å². The Morgan fingerprint density at radius 1 is 1.04 bits per heavy atom. The first-order chi connectivity index (χ1) is 11.4. The van der Waals surface area contributed by atoms with Gasteiger partial charge in [-0.15, -0.1) is 0 Å². The summed E-state index contributed by atoms with van der Waals surface area (Å²) in [6, 6.07) is 6.37. The maximum Gasteiger partial charge on any atom is 0.421 e. The Kier molecular flexibility index (Phi) is 5.13. The molecule has 5 nitrogen and oxygen atoms in total. The van der Waals surface area contributed by atoms with Gasteiger partial charge in [-0.05, 0) is 50.2 Å². The Hall–Kier alpha value is -1.56. The summed E-state index contributed by atoms with van der Waals surface area (Å²) >= 11 is 0. The second kappa shape index (κ2) is 7.13. The lowest BCUT2D eigenvalue weighted by Crippen LogP contribution is -2.37. The maximum absolute atomic E-state index is 12.2. The first-order valence-corrected chi connectivity index (χ1v) is 10.2. The number of hydrogen-bond donors (Lipinski definition) is 1. The van der Waals surface area contributed by atoms with E-state index in [9.17, 15) is 13.2 Å². The van der Waals surface area contributed by atoms with Crippen LogP contribution in [0, 0.1) is 18.8 Å². The topological polar surface area (TPSA) is 72.5 Å². The number of benzene rings is 1. The Morgan fingerprint density at radius 3 is 2.42 bits per heavy atom. The van der Waals surface area contributed by atoms with Crippen molar-refractivity contribution < 1.29 is 17.9 Å². The maximum atomic E-state index is 12.2. The molecule has 0 bridgehead atoms. The largest absolute Gasteiger partial charge is 0.446 e. The van der Waals surface area contributed by atoms with Crippen LogP contribution in [0.5, 0.6) is 0 Å². The normalized spacial score (nSPS) is 27.1. The summed E-state index contributed by atoms with van der Waals surface area (Å²) in [5.74, 6) is 1.39. The van der Waals surface area contributed by atoms with Gasteiger partial charge >= 0.3 is 6.09 Å². The molecular formula is C18H25NO4S. The Labute approximate surface area is 143 Å². The second-order valence-electron chi connectivity index (χ2n) is 7.06. The molecule has 0 aliphatic heterocycles. The number of rotatable bonds is 3. The number of carbonyl (C=O) groups excluding carboxylic acids is 1. The minimum Gasteiger partial charge on any atom is -0.446 e. The molecule has 0 saturated heterocycles. The van der Waals surface area contributed by atoms with Crippen molar-refractivity contribution in [3.05, 3.63) is 29.8 Å². The third-order valence-corrected chi connectivity index (χ3v) is 6.64. The average Bonchev–Trinajstić information content (AvgIpc) is 2.54. The fourth-order valence-electron chi connectivity index (χ4n) is 4.00. The summed E-state index contributed by atoms with van der Waals surface area (Å²) in [4.78, 5) is 12.1. The molecule has 0 unspecified atom stereocenters. The fraction of sp³-hybridized carbons (Fsp3) is 0.611. The fourth-order valence-corrected chi connectivity index (χ4v) is 4.88. The van der Waals surface area contributed by atoms with Crippen LogP contribution in [0.4, 0.5) is 4.79 Å². The van der Waals surface area contributed by atoms with Crippen molar-refractivity contribution in [2.24, 2.45) is 11.8 Å². The second-order valence-corrected chi connectivity index (χ2v) is 8.75. The SMILES string of the molecule is Cc1ccc(S(=O)(=O)NC(=O)O[C@H]2CC[C@H]3CCCC[C@@H]3C2)cc1. The minimum atomic E-state index is -3.87. The molecule has 0 radical (unpaired) electrons. The van der Waals surface area contributed by atoms with Gasteiger partial charge in [0.1, 0.15) is 6.10 Å². The lowest BCUT2D eigenvalue weighted by molar-refractivity contribution is 0.0301. The first-order valence-electron chi connectivity index (χ1n) is 8.74. The summed E-state index contributed by atoms with van der Waals surface area (Å²) in [6.45, 7) is 1.87. The molecule has 2 fully saturated rings. The minimum absolute atomic E-state index is 0.0704. The Bertz CT molecular complexity index is 683. The zero-order valence-corrected chi connectivity index (χ0v) is 14.8. The van der Waals surface area contributed by atoms with Crippen LogP contribution >= 0.6 is 0 Å². The summed E-state index contributed by atoms with van der Waals surface area (Å²) in [6.07, 6.45) is 6.78. The number of ether oxygens (including phenoxy) is 1. The summed E-state index contributed by atoms with van der Waals surface area (Å²) in [7, 11) is -3.87. The van der Waals surface area contributed by atoms with Gasteiger partial charge in [0, 0.05) is 0 Å². The van der Waals surface area contributed by atoms with Gasteiger partial charge in [0.15, 0.2) is 0 Å². The van der Waals surface area contributed by atoms with E-state index in [1.807, 2.05) is 11.6 Å². The summed E-state index contributed by atoms with van der Waals surface area (Å²) in [5.41, 5.74) is 0.959. The van der Waals surface area contributed by atoms with E-state index in [2.05, 4.69) is 0 Å². The molecule has 1 aromatic rings. The molecular weight excluding hydrogens is 326 g/mol. The van der Waals surface area contributed by atoms with Crippen LogP contribution in [-0.4, -0.2) is 20.6 Å². The molecule has 0 heterocycles. The molecule has 0 spiro atoms. The van der Waals surface area contributed by atoms with E-state index in [1.54, 1.807) is 12.1 Å². The van der Waals surface area contributed by atoms with Crippen molar-refractivity contribution in [1.82, 2.24) is 4.72 Å². The van der Waals surface area contributed by atoms with E-state index in [1.165, 1.54) is 37.8 Å². The molecule has 3 rings (SSSR count). The highest BCUT2D eigenvalue weighted by atomic mass is 32.2. The van der Waals surface area contributed by atoms with Crippen molar-refractivity contribution in [3.8, 4) is 0 Å². The average molecular weight is 351 g/mol. The molecule has 1 aromatic carbocycles. The van der Waals surface area contributed by atoms with Gasteiger partial charge in [-0.25, -0.2) is 17.9 Å². The van der Waals surface area contributed by atoms with E-state index in [0.29, 0.717) is 5.92 Å². The van der Waals surface area contributed by atoms with Crippen LogP contribution in [0.3, 0.4) is 0 Å². The molecule has 2 aliphatic carbocycles. The van der Waals surface area contributed by atoms with E-state index in [-0.39, 0.29) is 11.0 Å². The standard InChI is InChI=1S/C18H25NO4S/c1-13-6-10-17(11-7-13)24(21,22)19-18(20)23-16-9-8-14-4-2-3-5-15(14)12-16/h6-7,10-11,14-16H,2-5,8-9,12H2,1H3,(H,19,20)/t14-,15-,16+/m1/s1. The molecule has 6 heteroatoms. The van der Waals surface area contributed by atoms with Gasteiger partial charge in [-0.1, -0.05) is 43.4 Å². The monoisotopic (exact) mass is 351 g/mol. The van der Waals surface area contributed by atoms with E-state index < -0.39 is 16.1 Å². The molecule has 1 amide bonds. The lowest BCUT2D eigenvalue weighted by Gasteiger charge is -2.38. The highest BCUT2D eigenvalue weighted by Crippen LogP contribution is 2.41. The number of amides is 1. The smallest absolute Gasteiger partial charge is 0.421 e. The molecule has 1 N–H and O–H groups in total. The van der Waals surface area contributed by atoms with Crippen molar-refractivity contribution in [1.29, 1.82) is 0 Å². The highest BCUT2D eigenvalue weighted by molar-refractivity contribution is 7.90. The van der Waals surface area contributed by atoms with Crippen LogP contribution in [0.1, 0.15) is 50.5 Å². The number of carbonyl (C=O) groups is 1. The number of fused-ring (bicyclic) bond motifs is 1. The molecule has 3 atom stereocenters. The summed E-state index contributed by atoms with van der Waals surface area (Å²) < 4.78 is 31.8. The zero-order valence-electron chi connectivity index (χ0n) is 14.0. The molecule has 0 aromatic heterocycles. The van der Waals surface area contributed by atoms with Gasteiger partial charge in [-0.3, -0.25) is 0 Å². The lowest BCUT2D eigenvalue weighted by atomic mass is 9.70. The Morgan fingerprint density at radius 2 is 1.71 bits per heavy atom. The predicted molar refractivity (Wildman–Crippen MR) is 91.1 cm³/mol. The highest BCUT2D eigenvalue weighted by Gasteiger charge is 2.34. The van der Waals surface area contributed by atoms with E-state index in [4.69, 9.17) is 4.74 Å². The van der Waals surface area contributed by atoms with Crippen molar-refractivity contribution >= 4 is 16.1 Å². The van der Waals surface area contributed by atoms with Crippen LogP contribution < -0.4 is 4.72 Å². The molecule has 2 aliphatic rings. The van der Waals surface area contributed by atoms with E-state index >= 15 is 0 Å². The zero-order chi connectivity index (χ0) is 17.2. The summed E-state index contributed by atoms with van der Waals surface area (Å²) in [5, 5.41) is 0. The van der Waals surface area contributed by atoms with Crippen LogP contribution in [-0.2, 0) is 14.8 Å². The third kappa shape index (κ3) is 4.09. The molecule has 24 heavy (non-hydrogen) atoms. The van der Waals surface area contributed by atoms with Gasteiger partial charge in [-0.2, -0.15) is 0 Å². The third-order valence-electron chi connectivity index (χ3n) is 5.31. The Balaban J connectivity index is 1.56. The van der Waals surface area contributed by atoms with Crippen molar-refractivity contribution in [2.45, 2.75) is 62.9 Å². The molecule has 2 saturated carbocycles. The van der Waals surface area contributed by atoms with Gasteiger partial charge < -0.3 is 4.74 Å². The van der Waals surface area contributed by atoms with Gasteiger partial charge in [0.25, 0.3) is 10.0 Å². The number of aryl methyl sites for hydroxylation is 1. The van der Waals surface area contributed by atoms with E-state index in [0.717, 1.165) is 30.7 Å². The van der Waals surface area contributed by atoms with Crippen LogP contribution in [0.25, 0.3) is 0 Å². The van der Waals surface area contributed by atoms with Crippen LogP contribution in [0.15, 0.2) is 29.2 Å². The number of nitrogens with one attached hydrogen (secondary N) is 1. The van der Waals surface area contributed by atoms with Crippen molar-refractivity contribution in [3.63, 3.8) is 0 Å². The quantitative estimate of drug-likeness (QED) is 0.900. The van der Waals surface area contributed by atoms with Crippen LogP contribution in [0.2, 0.25) is 0 Å². The first kappa shape index (κ1) is 17.3. The molecule has 132 valence electrons. The predicted octanol–water partition coefficient (Wildman–Crippen LogP) is 3.77. The number of hydrogen-bond acceptors (Lipinski definition) is 4. The number of sulfonamides is 1. The van der Waals surface area contributed by atoms with Gasteiger partial charge in [0.05, 0.1) is 4.90 Å². The van der Waals surface area contributed by atoms with Crippen molar-refractivity contribution in [2.75, 3.05) is 0 Å².